The van der Waals surface area contributed by atoms with Crippen molar-refractivity contribution in [1.29, 1.82) is 0 Å². The van der Waals surface area contributed by atoms with Crippen LogP contribution in [0.3, 0.4) is 0 Å². The lowest BCUT2D eigenvalue weighted by Crippen LogP contribution is -2.56. The van der Waals surface area contributed by atoms with Crippen LogP contribution in [0.4, 0.5) is 4.79 Å². The SMILES string of the molecule is C=CCC(C)(OC)C1COC(C)(C)N1C(=O)O. The van der Waals surface area contributed by atoms with Crippen molar-refractivity contribution in [2.24, 2.45) is 0 Å². The third kappa shape index (κ3) is 2.45. The van der Waals surface area contributed by atoms with Crippen LogP contribution >= 0.6 is 0 Å². The highest BCUT2D eigenvalue weighted by Crippen LogP contribution is 2.36. The fraction of sp³-hybridized carbons (Fsp3) is 0.750. The van der Waals surface area contributed by atoms with Crippen molar-refractivity contribution < 1.29 is 19.4 Å². The fourth-order valence-corrected chi connectivity index (χ4v) is 2.26. The van der Waals surface area contributed by atoms with Crippen molar-refractivity contribution in [2.45, 2.75) is 44.6 Å². The maximum absolute atomic E-state index is 11.4. The normalized spacial score (nSPS) is 26.6. The number of hydrogen-bond acceptors (Lipinski definition) is 3. The summed E-state index contributed by atoms with van der Waals surface area (Å²) in [4.78, 5) is 12.7. The Morgan fingerprint density at radius 1 is 1.76 bits per heavy atom. The molecule has 1 fully saturated rings. The van der Waals surface area contributed by atoms with E-state index >= 15 is 0 Å². The van der Waals surface area contributed by atoms with Gasteiger partial charge in [0.05, 0.1) is 18.2 Å². The molecule has 1 aliphatic rings. The van der Waals surface area contributed by atoms with E-state index in [1.165, 1.54) is 4.90 Å². The van der Waals surface area contributed by atoms with Crippen LogP contribution in [-0.4, -0.2) is 47.2 Å². The number of rotatable bonds is 4. The largest absolute Gasteiger partial charge is 0.465 e. The Labute approximate surface area is 102 Å². The first-order valence-electron chi connectivity index (χ1n) is 5.61. The van der Waals surface area contributed by atoms with Gasteiger partial charge < -0.3 is 14.6 Å². The molecule has 1 amide bonds. The molecule has 0 aromatic heterocycles. The Bertz CT molecular complexity index is 316. The first kappa shape index (κ1) is 14.0. The summed E-state index contributed by atoms with van der Waals surface area (Å²) in [6.07, 6.45) is 1.30. The lowest BCUT2D eigenvalue weighted by Gasteiger charge is -2.39. The summed E-state index contributed by atoms with van der Waals surface area (Å²) in [5.74, 6) is 0. The van der Waals surface area contributed by atoms with Crippen LogP contribution in [0.25, 0.3) is 0 Å². The highest BCUT2D eigenvalue weighted by Gasteiger charge is 2.51. The van der Waals surface area contributed by atoms with Gasteiger partial charge >= 0.3 is 6.09 Å². The van der Waals surface area contributed by atoms with Gasteiger partial charge in [0.15, 0.2) is 0 Å². The summed E-state index contributed by atoms with van der Waals surface area (Å²) in [7, 11) is 1.58. The highest BCUT2D eigenvalue weighted by atomic mass is 16.6. The topological polar surface area (TPSA) is 59.0 Å². The second kappa shape index (κ2) is 4.66. The van der Waals surface area contributed by atoms with Crippen LogP contribution in [0.15, 0.2) is 12.7 Å². The predicted octanol–water partition coefficient (Wildman–Crippen LogP) is 2.08. The molecular weight excluding hydrogens is 222 g/mol. The average Bonchev–Trinajstić information content (AvgIpc) is 2.54. The molecular formula is C12H21NO4. The monoisotopic (exact) mass is 243 g/mol. The van der Waals surface area contributed by atoms with Gasteiger partial charge in [0, 0.05) is 7.11 Å². The molecule has 1 saturated heterocycles. The van der Waals surface area contributed by atoms with E-state index in [0.29, 0.717) is 13.0 Å². The minimum atomic E-state index is -0.996. The van der Waals surface area contributed by atoms with Gasteiger partial charge in [0.2, 0.25) is 0 Å². The molecule has 1 rings (SSSR count). The van der Waals surface area contributed by atoms with E-state index in [9.17, 15) is 9.90 Å². The summed E-state index contributed by atoms with van der Waals surface area (Å²) in [5.41, 5.74) is -1.44. The quantitative estimate of drug-likeness (QED) is 0.768. The Morgan fingerprint density at radius 3 is 2.76 bits per heavy atom. The molecule has 0 aromatic carbocycles. The van der Waals surface area contributed by atoms with Crippen molar-refractivity contribution in [3.05, 3.63) is 12.7 Å². The molecule has 0 aromatic rings. The Hall–Kier alpha value is -1.07. The lowest BCUT2D eigenvalue weighted by atomic mass is 9.91. The number of methoxy groups -OCH3 is 1. The van der Waals surface area contributed by atoms with E-state index in [0.717, 1.165) is 0 Å². The number of carboxylic acid groups (broad SMARTS) is 1. The summed E-state index contributed by atoms with van der Waals surface area (Å²) < 4.78 is 11.0. The second-order valence-corrected chi connectivity index (χ2v) is 4.94. The third-order valence-electron chi connectivity index (χ3n) is 3.41. The van der Waals surface area contributed by atoms with E-state index in [1.54, 1.807) is 27.0 Å². The van der Waals surface area contributed by atoms with Gasteiger partial charge in [-0.2, -0.15) is 0 Å². The maximum atomic E-state index is 11.4. The molecule has 17 heavy (non-hydrogen) atoms. The van der Waals surface area contributed by atoms with Crippen molar-refractivity contribution in [2.75, 3.05) is 13.7 Å². The zero-order valence-electron chi connectivity index (χ0n) is 10.9. The predicted molar refractivity (Wildman–Crippen MR) is 63.9 cm³/mol. The third-order valence-corrected chi connectivity index (χ3v) is 3.41. The molecule has 5 heteroatoms. The Morgan fingerprint density at radius 2 is 2.35 bits per heavy atom. The molecule has 2 atom stereocenters. The van der Waals surface area contributed by atoms with Crippen LogP contribution < -0.4 is 0 Å². The van der Waals surface area contributed by atoms with Crippen molar-refractivity contribution in [3.8, 4) is 0 Å². The van der Waals surface area contributed by atoms with Crippen molar-refractivity contribution >= 4 is 6.09 Å². The minimum absolute atomic E-state index is 0.331. The first-order chi connectivity index (χ1) is 7.78. The van der Waals surface area contributed by atoms with Crippen LogP contribution in [0, 0.1) is 0 Å². The number of hydrogen-bond donors (Lipinski definition) is 1. The van der Waals surface area contributed by atoms with E-state index in [-0.39, 0.29) is 6.04 Å². The molecule has 98 valence electrons. The number of nitrogens with zero attached hydrogens (tertiary/aromatic N) is 1. The Balaban J connectivity index is 3.04. The molecule has 0 aliphatic carbocycles. The van der Waals surface area contributed by atoms with E-state index < -0.39 is 17.4 Å². The smallest absolute Gasteiger partial charge is 0.410 e. The van der Waals surface area contributed by atoms with Gasteiger partial charge in [0.25, 0.3) is 0 Å². The standard InChI is InChI=1S/C12H21NO4/c1-6-7-12(4,16-5)9-8-17-11(2,3)13(9)10(14)15/h6,9H,1,7-8H2,2-5H3,(H,14,15). The Kier molecular flexibility index (Phi) is 3.84. The van der Waals surface area contributed by atoms with Crippen molar-refractivity contribution in [3.63, 3.8) is 0 Å². The summed E-state index contributed by atoms with van der Waals surface area (Å²) in [6, 6.07) is -0.335. The molecule has 1 N–H and O–H groups in total. The average molecular weight is 243 g/mol. The van der Waals surface area contributed by atoms with Gasteiger partial charge in [-0.15, -0.1) is 6.58 Å². The molecule has 0 bridgehead atoms. The molecule has 0 radical (unpaired) electrons. The molecule has 0 saturated carbocycles. The first-order valence-corrected chi connectivity index (χ1v) is 5.61. The summed E-state index contributed by atoms with van der Waals surface area (Å²) in [6.45, 7) is 9.37. The van der Waals surface area contributed by atoms with E-state index in [2.05, 4.69) is 6.58 Å². The van der Waals surface area contributed by atoms with Gasteiger partial charge in [-0.25, -0.2) is 4.79 Å². The fourth-order valence-electron chi connectivity index (χ4n) is 2.26. The van der Waals surface area contributed by atoms with Crippen LogP contribution in [-0.2, 0) is 9.47 Å². The summed E-state index contributed by atoms with van der Waals surface area (Å²) >= 11 is 0. The molecule has 2 unspecified atom stereocenters. The van der Waals surface area contributed by atoms with Gasteiger partial charge in [-0.05, 0) is 27.2 Å². The second-order valence-electron chi connectivity index (χ2n) is 4.94. The molecule has 5 nitrogen and oxygen atoms in total. The number of ether oxygens (including phenoxy) is 2. The van der Waals surface area contributed by atoms with E-state index in [1.807, 2.05) is 6.92 Å². The molecule has 1 aliphatic heterocycles. The van der Waals surface area contributed by atoms with Crippen molar-refractivity contribution in [1.82, 2.24) is 4.90 Å². The van der Waals surface area contributed by atoms with Gasteiger partial charge in [0.1, 0.15) is 5.72 Å². The van der Waals surface area contributed by atoms with Crippen LogP contribution in [0.5, 0.6) is 0 Å². The van der Waals surface area contributed by atoms with Gasteiger partial charge in [-0.3, -0.25) is 4.90 Å². The molecule has 0 spiro atoms. The summed E-state index contributed by atoms with van der Waals surface area (Å²) in [5, 5.41) is 9.31. The number of amides is 1. The molecule has 1 heterocycles. The highest BCUT2D eigenvalue weighted by molar-refractivity contribution is 5.67. The zero-order chi connectivity index (χ0) is 13.3. The minimum Gasteiger partial charge on any atom is -0.465 e. The van der Waals surface area contributed by atoms with Crippen LogP contribution in [0.2, 0.25) is 0 Å². The van der Waals surface area contributed by atoms with E-state index in [4.69, 9.17) is 9.47 Å². The number of carbonyl (C=O) groups is 1. The zero-order valence-corrected chi connectivity index (χ0v) is 10.9. The van der Waals surface area contributed by atoms with Crippen LogP contribution in [0.1, 0.15) is 27.2 Å². The van der Waals surface area contributed by atoms with Gasteiger partial charge in [-0.1, -0.05) is 6.08 Å². The maximum Gasteiger partial charge on any atom is 0.410 e. The lowest BCUT2D eigenvalue weighted by molar-refractivity contribution is -0.0703.